The molecule has 0 saturated heterocycles. The zero-order chi connectivity index (χ0) is 16.6. The van der Waals surface area contributed by atoms with E-state index in [4.69, 9.17) is 4.52 Å². The summed E-state index contributed by atoms with van der Waals surface area (Å²) in [6, 6.07) is 7.44. The quantitative estimate of drug-likeness (QED) is 0.742. The Balaban J connectivity index is 2.03. The lowest BCUT2D eigenvalue weighted by Crippen LogP contribution is -2.30. The number of rotatable bonds is 3. The first-order valence-corrected chi connectivity index (χ1v) is 7.21. The highest BCUT2D eigenvalue weighted by Gasteiger charge is 2.23. The van der Waals surface area contributed by atoms with Crippen LogP contribution in [0.15, 0.2) is 41.1 Å². The molecule has 0 bridgehead atoms. The summed E-state index contributed by atoms with van der Waals surface area (Å²) >= 11 is 0. The largest absolute Gasteiger partial charge is 0.364 e. The van der Waals surface area contributed by atoms with E-state index in [1.165, 1.54) is 18.4 Å². The maximum absolute atomic E-state index is 13.4. The Bertz CT molecular complexity index is 856. The molecular weight excluding hydrogens is 297 g/mol. The van der Waals surface area contributed by atoms with Crippen LogP contribution in [0.1, 0.15) is 34.7 Å². The molecule has 1 amide bonds. The second kappa shape index (κ2) is 5.79. The molecule has 0 aliphatic rings. The fourth-order valence-corrected chi connectivity index (χ4v) is 2.51. The van der Waals surface area contributed by atoms with Gasteiger partial charge >= 0.3 is 0 Å². The van der Waals surface area contributed by atoms with Gasteiger partial charge in [0.1, 0.15) is 17.8 Å². The number of nitrogens with zero attached hydrogens (tertiary/aromatic N) is 3. The summed E-state index contributed by atoms with van der Waals surface area (Å²) in [6.45, 7) is 3.65. The summed E-state index contributed by atoms with van der Waals surface area (Å²) in [5.74, 6) is -0.555. The Hall–Kier alpha value is -2.76. The number of benzene rings is 1. The Morgan fingerprint density at radius 2 is 2.09 bits per heavy atom. The molecule has 0 N–H and O–H groups in total. The van der Waals surface area contributed by atoms with Gasteiger partial charge in [0, 0.05) is 30.3 Å². The van der Waals surface area contributed by atoms with Crippen LogP contribution >= 0.6 is 0 Å². The summed E-state index contributed by atoms with van der Waals surface area (Å²) in [4.78, 5) is 18.8. The number of carbonyl (C=O) groups is 1. The molecule has 23 heavy (non-hydrogen) atoms. The van der Waals surface area contributed by atoms with Crippen molar-refractivity contribution in [3.63, 3.8) is 0 Å². The van der Waals surface area contributed by atoms with E-state index >= 15 is 0 Å². The van der Waals surface area contributed by atoms with Crippen LogP contribution in [-0.4, -0.2) is 28.0 Å². The van der Waals surface area contributed by atoms with Crippen molar-refractivity contribution in [1.29, 1.82) is 0 Å². The number of amides is 1. The van der Waals surface area contributed by atoms with Gasteiger partial charge in [-0.1, -0.05) is 5.16 Å². The zero-order valence-electron chi connectivity index (χ0n) is 13.1. The molecule has 0 spiro atoms. The summed E-state index contributed by atoms with van der Waals surface area (Å²) in [7, 11) is 1.70. The average Bonchev–Trinajstić information content (AvgIpc) is 3.05. The third-order valence-electron chi connectivity index (χ3n) is 3.92. The number of aromatic nitrogens is 2. The highest BCUT2D eigenvalue weighted by molar-refractivity contribution is 6.06. The average molecular weight is 313 g/mol. The fourth-order valence-electron chi connectivity index (χ4n) is 2.51. The Kier molecular flexibility index (Phi) is 3.82. The maximum atomic E-state index is 13.4. The van der Waals surface area contributed by atoms with Gasteiger partial charge in [0.15, 0.2) is 0 Å². The second-order valence-corrected chi connectivity index (χ2v) is 5.49. The van der Waals surface area contributed by atoms with Crippen molar-refractivity contribution in [3.8, 4) is 0 Å². The highest BCUT2D eigenvalue weighted by Crippen LogP contribution is 2.24. The van der Waals surface area contributed by atoms with Gasteiger partial charge < -0.3 is 9.42 Å². The molecule has 3 rings (SSSR count). The van der Waals surface area contributed by atoms with E-state index in [1.54, 1.807) is 37.1 Å². The molecule has 2 aromatic heterocycles. The van der Waals surface area contributed by atoms with E-state index < -0.39 is 0 Å². The van der Waals surface area contributed by atoms with E-state index in [1.807, 2.05) is 6.92 Å². The van der Waals surface area contributed by atoms with Crippen LogP contribution < -0.4 is 0 Å². The maximum Gasteiger partial charge on any atom is 0.254 e. The first-order chi connectivity index (χ1) is 11.0. The Labute approximate surface area is 132 Å². The van der Waals surface area contributed by atoms with Crippen LogP contribution in [0.4, 0.5) is 4.39 Å². The number of pyridine rings is 1. The zero-order valence-corrected chi connectivity index (χ0v) is 13.1. The van der Waals surface area contributed by atoms with Gasteiger partial charge in [-0.05, 0) is 32.0 Å². The number of hydrogen-bond donors (Lipinski definition) is 0. The number of hydrogen-bond acceptors (Lipinski definition) is 4. The van der Waals surface area contributed by atoms with Crippen LogP contribution in [0, 0.1) is 12.7 Å². The molecular formula is C17H16FN3O2. The molecule has 0 saturated carbocycles. The molecule has 0 aliphatic heterocycles. The summed E-state index contributed by atoms with van der Waals surface area (Å²) in [5.41, 5.74) is 2.29. The lowest BCUT2D eigenvalue weighted by atomic mass is 10.1. The molecule has 2 heterocycles. The van der Waals surface area contributed by atoms with Crippen molar-refractivity contribution in [2.75, 3.05) is 7.05 Å². The second-order valence-electron chi connectivity index (χ2n) is 5.49. The van der Waals surface area contributed by atoms with Crippen molar-refractivity contribution >= 4 is 16.8 Å². The van der Waals surface area contributed by atoms with Crippen LogP contribution in [0.3, 0.4) is 0 Å². The smallest absolute Gasteiger partial charge is 0.254 e. The van der Waals surface area contributed by atoms with Gasteiger partial charge in [-0.25, -0.2) is 4.39 Å². The number of carbonyl (C=O) groups excluding carboxylic acids is 1. The summed E-state index contributed by atoms with van der Waals surface area (Å²) < 4.78 is 18.3. The Morgan fingerprint density at radius 1 is 1.30 bits per heavy atom. The topological polar surface area (TPSA) is 59.2 Å². The number of fused-ring (bicyclic) bond motifs is 1. The third-order valence-corrected chi connectivity index (χ3v) is 3.92. The van der Waals surface area contributed by atoms with Crippen LogP contribution in [0.25, 0.3) is 10.9 Å². The minimum atomic E-state index is -0.377. The van der Waals surface area contributed by atoms with Crippen molar-refractivity contribution < 1.29 is 13.7 Å². The molecule has 0 radical (unpaired) electrons. The summed E-state index contributed by atoms with van der Waals surface area (Å²) in [6.07, 6.45) is 1.47. The van der Waals surface area contributed by atoms with Crippen LogP contribution in [0.5, 0.6) is 0 Å². The molecule has 0 unspecified atom stereocenters. The molecule has 1 aromatic carbocycles. The van der Waals surface area contributed by atoms with E-state index in [9.17, 15) is 9.18 Å². The van der Waals surface area contributed by atoms with Gasteiger partial charge in [-0.3, -0.25) is 9.78 Å². The molecule has 118 valence electrons. The van der Waals surface area contributed by atoms with Crippen molar-refractivity contribution in [2.24, 2.45) is 0 Å². The van der Waals surface area contributed by atoms with Crippen molar-refractivity contribution in [1.82, 2.24) is 15.0 Å². The number of aryl methyl sites for hydroxylation is 1. The van der Waals surface area contributed by atoms with Crippen molar-refractivity contribution in [3.05, 3.63) is 59.4 Å². The molecule has 3 aromatic rings. The molecule has 6 heteroatoms. The lowest BCUT2D eigenvalue weighted by molar-refractivity contribution is 0.0739. The van der Waals surface area contributed by atoms with Gasteiger partial charge in [0.2, 0.25) is 0 Å². The predicted octanol–water partition coefficient (Wildman–Crippen LogP) is 3.50. The molecule has 0 aliphatic carbocycles. The highest BCUT2D eigenvalue weighted by atomic mass is 19.1. The lowest BCUT2D eigenvalue weighted by Gasteiger charge is -2.24. The summed E-state index contributed by atoms with van der Waals surface area (Å²) in [5, 5.41) is 4.50. The minimum absolute atomic E-state index is 0.178. The van der Waals surface area contributed by atoms with E-state index in [0.717, 1.165) is 0 Å². The van der Waals surface area contributed by atoms with Gasteiger partial charge in [-0.15, -0.1) is 0 Å². The molecule has 1 atom stereocenters. The first kappa shape index (κ1) is 15.1. The van der Waals surface area contributed by atoms with E-state index in [-0.39, 0.29) is 17.8 Å². The van der Waals surface area contributed by atoms with Gasteiger partial charge in [0.05, 0.1) is 17.1 Å². The SMILES string of the molecule is Cc1cc(C(=O)N(C)[C@H](C)c2ccon2)c2ccc(F)cc2n1. The van der Waals surface area contributed by atoms with Gasteiger partial charge in [0.25, 0.3) is 5.91 Å². The minimum Gasteiger partial charge on any atom is -0.364 e. The van der Waals surface area contributed by atoms with Crippen molar-refractivity contribution in [2.45, 2.75) is 19.9 Å². The monoisotopic (exact) mass is 313 g/mol. The number of halogens is 1. The van der Waals surface area contributed by atoms with Gasteiger partial charge in [-0.2, -0.15) is 0 Å². The van der Waals surface area contributed by atoms with E-state index in [0.29, 0.717) is 27.9 Å². The fraction of sp³-hybridized carbons (Fsp3) is 0.235. The third kappa shape index (κ3) is 2.79. The first-order valence-electron chi connectivity index (χ1n) is 7.21. The standard InChI is InChI=1S/C17H16FN3O2/c1-10-8-14(13-5-4-12(18)9-16(13)19-10)17(22)21(3)11(2)15-6-7-23-20-15/h4-9,11H,1-3H3/t11-/m1/s1. The predicted molar refractivity (Wildman–Crippen MR) is 83.4 cm³/mol. The molecule has 5 nitrogen and oxygen atoms in total. The van der Waals surface area contributed by atoms with Crippen LogP contribution in [0.2, 0.25) is 0 Å². The molecule has 0 fully saturated rings. The Morgan fingerprint density at radius 3 is 2.78 bits per heavy atom. The van der Waals surface area contributed by atoms with E-state index in [2.05, 4.69) is 10.1 Å². The normalized spacial score (nSPS) is 12.3. The van der Waals surface area contributed by atoms with Crippen LogP contribution in [-0.2, 0) is 0 Å².